The molecule has 20 heavy (non-hydrogen) atoms. The van der Waals surface area contributed by atoms with Crippen LogP contribution in [0.1, 0.15) is 24.5 Å². The number of nitrogen functional groups attached to an aromatic ring is 1. The molecule has 2 fully saturated rings. The van der Waals surface area contributed by atoms with E-state index in [1.54, 1.807) is 0 Å². The van der Waals surface area contributed by atoms with Crippen molar-refractivity contribution in [3.05, 3.63) is 11.8 Å². The molecule has 2 aliphatic rings. The van der Waals surface area contributed by atoms with Gasteiger partial charge in [-0.25, -0.2) is 4.98 Å². The lowest BCUT2D eigenvalue weighted by atomic mass is 10.0. The number of likely N-dealkylation sites (N-methyl/N-ethyl adjacent to an activating group) is 1. The fourth-order valence-electron chi connectivity index (χ4n) is 2.89. The van der Waals surface area contributed by atoms with Gasteiger partial charge in [0.25, 0.3) is 0 Å². The van der Waals surface area contributed by atoms with Gasteiger partial charge in [-0.3, -0.25) is 0 Å². The lowest BCUT2D eigenvalue weighted by Crippen LogP contribution is -2.29. The van der Waals surface area contributed by atoms with Gasteiger partial charge in [-0.1, -0.05) is 0 Å². The van der Waals surface area contributed by atoms with Crippen LogP contribution >= 0.6 is 0 Å². The van der Waals surface area contributed by atoms with Gasteiger partial charge in [0.15, 0.2) is 0 Å². The zero-order valence-electron chi connectivity index (χ0n) is 12.1. The molecule has 0 radical (unpaired) electrons. The third-order valence-corrected chi connectivity index (χ3v) is 4.14. The minimum Gasteiger partial charge on any atom is -0.381 e. The van der Waals surface area contributed by atoms with E-state index in [4.69, 9.17) is 10.5 Å². The Morgan fingerprint density at radius 3 is 2.95 bits per heavy atom. The first kappa shape index (κ1) is 13.6. The molecule has 0 saturated carbocycles. The molecule has 0 aliphatic carbocycles. The summed E-state index contributed by atoms with van der Waals surface area (Å²) >= 11 is 0. The summed E-state index contributed by atoms with van der Waals surface area (Å²) in [5, 5.41) is 0. The molecule has 1 aromatic heterocycles. The Morgan fingerprint density at radius 1 is 1.25 bits per heavy atom. The van der Waals surface area contributed by atoms with Gasteiger partial charge in [-0.2, -0.15) is 4.98 Å². The second-order valence-electron chi connectivity index (χ2n) is 5.71. The highest BCUT2D eigenvalue weighted by atomic mass is 16.5. The average molecular weight is 277 g/mol. The molecule has 6 heteroatoms. The van der Waals surface area contributed by atoms with Crippen molar-refractivity contribution in [3.63, 3.8) is 0 Å². The van der Waals surface area contributed by atoms with Crippen molar-refractivity contribution < 1.29 is 4.74 Å². The molecule has 0 bridgehead atoms. The maximum atomic E-state index is 5.90. The maximum absolute atomic E-state index is 5.90. The molecule has 6 nitrogen and oxygen atoms in total. The molecule has 1 unspecified atom stereocenters. The van der Waals surface area contributed by atoms with Crippen molar-refractivity contribution in [2.24, 2.45) is 0 Å². The fourth-order valence-corrected chi connectivity index (χ4v) is 2.89. The van der Waals surface area contributed by atoms with E-state index >= 15 is 0 Å². The molecule has 0 aromatic carbocycles. The van der Waals surface area contributed by atoms with Crippen LogP contribution in [0.4, 0.5) is 11.8 Å². The van der Waals surface area contributed by atoms with Gasteiger partial charge >= 0.3 is 0 Å². The molecule has 3 heterocycles. The van der Waals surface area contributed by atoms with E-state index in [1.807, 2.05) is 0 Å². The number of hydrogen-bond donors (Lipinski definition) is 1. The average Bonchev–Trinajstić information content (AvgIpc) is 2.88. The minimum absolute atomic E-state index is 0.369. The molecule has 110 valence electrons. The number of anilines is 2. The Labute approximate surface area is 119 Å². The number of ether oxygens (including phenoxy) is 1. The monoisotopic (exact) mass is 277 g/mol. The molecular weight excluding hydrogens is 254 g/mol. The number of aromatic nitrogens is 2. The smallest absolute Gasteiger partial charge is 0.222 e. The lowest BCUT2D eigenvalue weighted by molar-refractivity contribution is 0.193. The summed E-state index contributed by atoms with van der Waals surface area (Å²) in [6.45, 7) is 5.79. The van der Waals surface area contributed by atoms with Gasteiger partial charge in [-0.05, 0) is 26.4 Å². The van der Waals surface area contributed by atoms with Gasteiger partial charge in [0.1, 0.15) is 5.82 Å². The number of hydrogen-bond acceptors (Lipinski definition) is 6. The second kappa shape index (κ2) is 5.93. The Balaban J connectivity index is 1.81. The SMILES string of the molecule is CN1CCCN(c2cc(C3CCOC3)nc(N)n2)CC1. The molecule has 2 aliphatic heterocycles. The standard InChI is InChI=1S/C14H23N5O/c1-18-4-2-5-19(7-6-18)13-9-12(16-14(15)17-13)11-3-8-20-10-11/h9,11H,2-8,10H2,1H3,(H2,15,16,17). The van der Waals surface area contributed by atoms with Crippen molar-refractivity contribution in [3.8, 4) is 0 Å². The lowest BCUT2D eigenvalue weighted by Gasteiger charge is -2.22. The molecule has 1 atom stereocenters. The number of nitrogens with zero attached hydrogens (tertiary/aromatic N) is 4. The van der Waals surface area contributed by atoms with Gasteiger partial charge in [0.2, 0.25) is 5.95 Å². The van der Waals surface area contributed by atoms with Gasteiger partial charge < -0.3 is 20.3 Å². The Bertz CT molecular complexity index is 461. The van der Waals surface area contributed by atoms with Crippen molar-refractivity contribution in [2.45, 2.75) is 18.8 Å². The fraction of sp³-hybridized carbons (Fsp3) is 0.714. The summed E-state index contributed by atoms with van der Waals surface area (Å²) in [5.41, 5.74) is 6.93. The zero-order chi connectivity index (χ0) is 13.9. The van der Waals surface area contributed by atoms with Gasteiger partial charge in [0.05, 0.1) is 12.3 Å². The van der Waals surface area contributed by atoms with Crippen LogP contribution in [0.15, 0.2) is 6.07 Å². The highest BCUT2D eigenvalue weighted by molar-refractivity contribution is 5.44. The normalized spacial score (nSPS) is 24.9. The minimum atomic E-state index is 0.369. The van der Waals surface area contributed by atoms with Crippen LogP contribution in [0, 0.1) is 0 Å². The maximum Gasteiger partial charge on any atom is 0.222 e. The van der Waals surface area contributed by atoms with Crippen LogP contribution in [0.2, 0.25) is 0 Å². The van der Waals surface area contributed by atoms with Gasteiger partial charge in [0, 0.05) is 38.2 Å². The number of rotatable bonds is 2. The largest absolute Gasteiger partial charge is 0.381 e. The van der Waals surface area contributed by atoms with Crippen LogP contribution < -0.4 is 10.6 Å². The predicted molar refractivity (Wildman–Crippen MR) is 78.9 cm³/mol. The topological polar surface area (TPSA) is 67.5 Å². The van der Waals surface area contributed by atoms with Crippen molar-refractivity contribution in [1.82, 2.24) is 14.9 Å². The summed E-state index contributed by atoms with van der Waals surface area (Å²) in [5.74, 6) is 1.71. The Hall–Kier alpha value is -1.40. The molecule has 0 spiro atoms. The molecule has 3 rings (SSSR count). The quantitative estimate of drug-likeness (QED) is 0.858. The van der Waals surface area contributed by atoms with E-state index in [0.29, 0.717) is 11.9 Å². The Kier molecular flexibility index (Phi) is 4.03. The van der Waals surface area contributed by atoms with E-state index < -0.39 is 0 Å². The van der Waals surface area contributed by atoms with Crippen molar-refractivity contribution >= 4 is 11.8 Å². The molecular formula is C14H23N5O. The van der Waals surface area contributed by atoms with E-state index in [-0.39, 0.29) is 0 Å². The molecule has 1 aromatic rings. The molecule has 2 saturated heterocycles. The van der Waals surface area contributed by atoms with Crippen LogP contribution in [-0.2, 0) is 4.74 Å². The first-order chi connectivity index (χ1) is 9.72. The number of nitrogens with two attached hydrogens (primary N) is 1. The van der Waals surface area contributed by atoms with E-state index in [0.717, 1.165) is 63.7 Å². The summed E-state index contributed by atoms with van der Waals surface area (Å²) in [6.07, 6.45) is 2.18. The van der Waals surface area contributed by atoms with Gasteiger partial charge in [-0.15, -0.1) is 0 Å². The summed E-state index contributed by atoms with van der Waals surface area (Å²) < 4.78 is 5.45. The van der Waals surface area contributed by atoms with Crippen LogP contribution in [-0.4, -0.2) is 61.3 Å². The molecule has 0 amide bonds. The van der Waals surface area contributed by atoms with Crippen LogP contribution in [0.25, 0.3) is 0 Å². The van der Waals surface area contributed by atoms with E-state index in [9.17, 15) is 0 Å². The highest BCUT2D eigenvalue weighted by Crippen LogP contribution is 2.27. The highest BCUT2D eigenvalue weighted by Gasteiger charge is 2.22. The summed E-state index contributed by atoms with van der Waals surface area (Å²) in [6, 6.07) is 2.10. The second-order valence-corrected chi connectivity index (χ2v) is 5.71. The first-order valence-corrected chi connectivity index (χ1v) is 7.38. The molecule has 2 N–H and O–H groups in total. The van der Waals surface area contributed by atoms with Crippen molar-refractivity contribution in [2.75, 3.05) is 57.1 Å². The summed E-state index contributed by atoms with van der Waals surface area (Å²) in [4.78, 5) is 13.5. The first-order valence-electron chi connectivity index (χ1n) is 7.38. The third kappa shape index (κ3) is 3.02. The zero-order valence-corrected chi connectivity index (χ0v) is 12.1. The summed E-state index contributed by atoms with van der Waals surface area (Å²) in [7, 11) is 2.17. The van der Waals surface area contributed by atoms with E-state index in [2.05, 4.69) is 32.9 Å². The van der Waals surface area contributed by atoms with Crippen LogP contribution in [0.3, 0.4) is 0 Å². The Morgan fingerprint density at radius 2 is 2.15 bits per heavy atom. The van der Waals surface area contributed by atoms with E-state index in [1.165, 1.54) is 0 Å². The van der Waals surface area contributed by atoms with Crippen molar-refractivity contribution in [1.29, 1.82) is 0 Å². The predicted octanol–water partition coefficient (Wildman–Crippen LogP) is 0.705. The third-order valence-electron chi connectivity index (χ3n) is 4.14. The van der Waals surface area contributed by atoms with Crippen LogP contribution in [0.5, 0.6) is 0 Å².